The number of benzene rings is 1. The highest BCUT2D eigenvalue weighted by Crippen LogP contribution is 2.44. The van der Waals surface area contributed by atoms with Gasteiger partial charge in [0.05, 0.1) is 0 Å². The minimum atomic E-state index is -1.06. The molecule has 30 heavy (non-hydrogen) atoms. The minimum Gasteiger partial charge on any atom is -0.372 e. The van der Waals surface area contributed by atoms with Gasteiger partial charge in [-0.1, -0.05) is 23.2 Å². The van der Waals surface area contributed by atoms with Gasteiger partial charge in [-0.25, -0.2) is 4.79 Å². The van der Waals surface area contributed by atoms with Crippen molar-refractivity contribution in [2.45, 2.75) is 30.9 Å². The fraction of sp³-hybridized carbons (Fsp3) is 0.550. The number of ether oxygens (including phenoxy) is 1. The van der Waals surface area contributed by atoms with E-state index in [-0.39, 0.29) is 24.2 Å². The largest absolute Gasteiger partial charge is 0.372 e. The lowest BCUT2D eigenvalue weighted by Crippen LogP contribution is -2.56. The molecule has 4 amide bonds. The van der Waals surface area contributed by atoms with Crippen LogP contribution >= 0.6 is 23.2 Å². The molecule has 1 aromatic rings. The molecule has 2 unspecified atom stereocenters. The maximum Gasteiger partial charge on any atom is 0.322 e. The highest BCUT2D eigenvalue weighted by Gasteiger charge is 2.57. The number of amides is 4. The molecule has 10 heteroatoms. The number of hydrogen-bond donors (Lipinski definition) is 2. The van der Waals surface area contributed by atoms with E-state index < -0.39 is 17.7 Å². The van der Waals surface area contributed by atoms with Crippen LogP contribution in [0.4, 0.5) is 10.5 Å². The topological polar surface area (TPSA) is 91.0 Å². The first-order valence-corrected chi connectivity index (χ1v) is 10.7. The molecule has 3 aliphatic rings. The van der Waals surface area contributed by atoms with Crippen molar-refractivity contribution in [3.63, 3.8) is 0 Å². The van der Waals surface area contributed by atoms with Crippen LogP contribution in [0, 0.1) is 5.92 Å². The zero-order valence-corrected chi connectivity index (χ0v) is 18.1. The number of anilines is 1. The van der Waals surface area contributed by atoms with Gasteiger partial charge in [-0.15, -0.1) is 0 Å². The molecule has 0 radical (unpaired) electrons. The average Bonchev–Trinajstić information content (AvgIpc) is 3.51. The Hall–Kier alpha value is -2.03. The molecule has 0 aromatic heterocycles. The van der Waals surface area contributed by atoms with Crippen LogP contribution in [0.1, 0.15) is 19.3 Å². The Balaban J connectivity index is 1.41. The van der Waals surface area contributed by atoms with E-state index in [1.54, 1.807) is 11.0 Å². The summed E-state index contributed by atoms with van der Waals surface area (Å²) in [7, 11) is 1.46. The molecule has 0 bridgehead atoms. The molecule has 2 aliphatic heterocycles. The molecule has 3 fully saturated rings. The van der Waals surface area contributed by atoms with Crippen molar-refractivity contribution in [1.82, 2.24) is 15.5 Å². The number of piperazine rings is 1. The van der Waals surface area contributed by atoms with Gasteiger partial charge in [0.25, 0.3) is 11.8 Å². The summed E-state index contributed by atoms with van der Waals surface area (Å²) >= 11 is 12.2. The predicted molar refractivity (Wildman–Crippen MR) is 113 cm³/mol. The van der Waals surface area contributed by atoms with Crippen molar-refractivity contribution in [2.75, 3.05) is 38.2 Å². The highest BCUT2D eigenvalue weighted by molar-refractivity contribution is 6.35. The Morgan fingerprint density at radius 2 is 1.80 bits per heavy atom. The van der Waals surface area contributed by atoms with Gasteiger partial charge in [0, 0.05) is 55.4 Å². The number of urea groups is 1. The van der Waals surface area contributed by atoms with Crippen LogP contribution in [0.25, 0.3) is 0 Å². The van der Waals surface area contributed by atoms with Crippen molar-refractivity contribution >= 4 is 46.7 Å². The van der Waals surface area contributed by atoms with Gasteiger partial charge in [0.1, 0.15) is 11.6 Å². The quantitative estimate of drug-likeness (QED) is 0.641. The summed E-state index contributed by atoms with van der Waals surface area (Å²) in [5, 5.41) is 6.20. The van der Waals surface area contributed by atoms with E-state index in [4.69, 9.17) is 27.9 Å². The lowest BCUT2D eigenvalue weighted by Gasteiger charge is -2.38. The molecule has 0 spiro atoms. The molecule has 1 aliphatic carbocycles. The van der Waals surface area contributed by atoms with Gasteiger partial charge >= 0.3 is 6.03 Å². The van der Waals surface area contributed by atoms with E-state index >= 15 is 0 Å². The maximum absolute atomic E-state index is 13.1. The molecule has 162 valence electrons. The molecule has 2 saturated heterocycles. The zero-order chi connectivity index (χ0) is 21.5. The summed E-state index contributed by atoms with van der Waals surface area (Å²) in [6, 6.07) is 4.87. The number of methoxy groups -OCH3 is 1. The van der Waals surface area contributed by atoms with E-state index in [2.05, 4.69) is 15.5 Å². The minimum absolute atomic E-state index is 0.0406. The lowest BCUT2D eigenvalue weighted by molar-refractivity contribution is -0.144. The molecule has 1 aromatic carbocycles. The molecular weight excluding hydrogens is 431 g/mol. The number of carbonyl (C=O) groups is 3. The third-order valence-electron chi connectivity index (χ3n) is 6.11. The predicted octanol–water partition coefficient (Wildman–Crippen LogP) is 2.04. The molecule has 2 atom stereocenters. The molecule has 2 N–H and O–H groups in total. The van der Waals surface area contributed by atoms with Crippen LogP contribution in [0.5, 0.6) is 0 Å². The molecule has 4 rings (SSSR count). The first-order chi connectivity index (χ1) is 14.3. The molecular formula is C20H24Cl2N4O4. The molecule has 8 nitrogen and oxygen atoms in total. The monoisotopic (exact) mass is 454 g/mol. The summed E-state index contributed by atoms with van der Waals surface area (Å²) in [5.74, 6) is -0.499. The molecule has 1 saturated carbocycles. The van der Waals surface area contributed by atoms with Crippen LogP contribution in [-0.2, 0) is 14.3 Å². The standard InChI is InChI=1S/C20H24Cl2N4O4/c1-30-16(11-20(12-2-3-12)18(28)23-19(29)24-20)17(27)26-6-4-25(5-7-26)15-9-13(21)8-14(22)10-15/h8-10,12,16H,2-7,11H2,1H3,(H2,23,24,28,29). The zero-order valence-electron chi connectivity index (χ0n) is 16.6. The number of nitrogens with one attached hydrogen (secondary N) is 2. The number of rotatable bonds is 6. The van der Waals surface area contributed by atoms with Gasteiger partial charge in [-0.2, -0.15) is 0 Å². The van der Waals surface area contributed by atoms with Crippen LogP contribution in [0.15, 0.2) is 18.2 Å². The van der Waals surface area contributed by atoms with Crippen molar-refractivity contribution < 1.29 is 19.1 Å². The number of hydrogen-bond acceptors (Lipinski definition) is 5. The summed E-state index contributed by atoms with van der Waals surface area (Å²) in [5.41, 5.74) is -0.145. The van der Waals surface area contributed by atoms with E-state index in [1.807, 2.05) is 12.1 Å². The Labute approximate surface area is 184 Å². The van der Waals surface area contributed by atoms with Crippen molar-refractivity contribution in [1.29, 1.82) is 0 Å². The van der Waals surface area contributed by atoms with E-state index in [0.717, 1.165) is 18.5 Å². The first-order valence-electron chi connectivity index (χ1n) is 9.98. The van der Waals surface area contributed by atoms with Gasteiger partial charge in [-0.3, -0.25) is 14.9 Å². The average molecular weight is 455 g/mol. The number of carbonyl (C=O) groups excluding carboxylic acids is 3. The number of halogens is 2. The smallest absolute Gasteiger partial charge is 0.322 e. The van der Waals surface area contributed by atoms with Gasteiger partial charge in [0.15, 0.2) is 0 Å². The Kier molecular flexibility index (Phi) is 5.83. The maximum atomic E-state index is 13.1. The fourth-order valence-corrected chi connectivity index (χ4v) is 4.87. The third-order valence-corrected chi connectivity index (χ3v) is 6.55. The van der Waals surface area contributed by atoms with Crippen LogP contribution < -0.4 is 15.5 Å². The Morgan fingerprint density at radius 1 is 1.17 bits per heavy atom. The second-order valence-electron chi connectivity index (χ2n) is 8.02. The summed E-state index contributed by atoms with van der Waals surface area (Å²) in [6.45, 7) is 2.28. The van der Waals surface area contributed by atoms with E-state index in [0.29, 0.717) is 36.2 Å². The Morgan fingerprint density at radius 3 is 2.30 bits per heavy atom. The number of imide groups is 1. The highest BCUT2D eigenvalue weighted by atomic mass is 35.5. The fourth-order valence-electron chi connectivity index (χ4n) is 4.35. The first kappa shape index (κ1) is 21.2. The van der Waals surface area contributed by atoms with Crippen molar-refractivity contribution in [3.05, 3.63) is 28.2 Å². The third kappa shape index (κ3) is 4.08. The van der Waals surface area contributed by atoms with Crippen molar-refractivity contribution in [2.24, 2.45) is 5.92 Å². The second kappa shape index (κ2) is 8.24. The van der Waals surface area contributed by atoms with E-state index in [9.17, 15) is 14.4 Å². The van der Waals surface area contributed by atoms with Crippen molar-refractivity contribution in [3.8, 4) is 0 Å². The van der Waals surface area contributed by atoms with Crippen LogP contribution in [0.2, 0.25) is 10.0 Å². The summed E-state index contributed by atoms with van der Waals surface area (Å²) in [6.07, 6.45) is 1.02. The number of nitrogens with zero attached hydrogens (tertiary/aromatic N) is 2. The van der Waals surface area contributed by atoms with Gasteiger partial charge in [-0.05, 0) is 37.0 Å². The normalized spacial score (nSPS) is 25.2. The van der Waals surface area contributed by atoms with Crippen LogP contribution in [-0.4, -0.2) is 67.7 Å². The molecule has 2 heterocycles. The summed E-state index contributed by atoms with van der Waals surface area (Å²) in [4.78, 5) is 41.3. The SMILES string of the molecule is COC(CC1(C2CC2)NC(=O)NC1=O)C(=O)N1CCN(c2cc(Cl)cc(Cl)c2)CC1. The van der Waals surface area contributed by atoms with E-state index in [1.165, 1.54) is 7.11 Å². The Bertz CT molecular complexity index is 850. The summed E-state index contributed by atoms with van der Waals surface area (Å²) < 4.78 is 5.49. The second-order valence-corrected chi connectivity index (χ2v) is 8.90. The van der Waals surface area contributed by atoms with Gasteiger partial charge < -0.3 is 19.9 Å². The van der Waals surface area contributed by atoms with Gasteiger partial charge in [0.2, 0.25) is 0 Å². The lowest BCUT2D eigenvalue weighted by atomic mass is 9.86. The van der Waals surface area contributed by atoms with Crippen LogP contribution in [0.3, 0.4) is 0 Å².